The molecule has 18 heavy (non-hydrogen) atoms. The van der Waals surface area contributed by atoms with Crippen LogP contribution in [0.4, 0.5) is 0 Å². The van der Waals surface area contributed by atoms with Crippen molar-refractivity contribution in [3.8, 4) is 0 Å². The molecule has 2 rings (SSSR count). The highest BCUT2D eigenvalue weighted by atomic mass is 16.3. The van der Waals surface area contributed by atoms with Crippen LogP contribution in [0.5, 0.6) is 0 Å². The molecule has 0 aliphatic heterocycles. The van der Waals surface area contributed by atoms with Crippen molar-refractivity contribution < 1.29 is 9.90 Å². The van der Waals surface area contributed by atoms with Crippen molar-refractivity contribution in [3.05, 3.63) is 71.3 Å². The Morgan fingerprint density at radius 2 is 1.72 bits per heavy atom. The summed E-state index contributed by atoms with van der Waals surface area (Å²) in [7, 11) is 0. The molecular formula is C15H15NO2. The van der Waals surface area contributed by atoms with Gasteiger partial charge in [-0.05, 0) is 23.3 Å². The number of aliphatic hydroxyl groups is 1. The zero-order valence-corrected chi connectivity index (χ0v) is 9.97. The van der Waals surface area contributed by atoms with Crippen LogP contribution in [0.15, 0.2) is 54.6 Å². The summed E-state index contributed by atoms with van der Waals surface area (Å²) in [4.78, 5) is 11.8. The zero-order valence-electron chi connectivity index (χ0n) is 9.97. The van der Waals surface area contributed by atoms with Gasteiger partial charge in [0.25, 0.3) is 5.91 Å². The number of rotatable bonds is 4. The average molecular weight is 241 g/mol. The summed E-state index contributed by atoms with van der Waals surface area (Å²) in [6, 6.07) is 16.6. The quantitative estimate of drug-likeness (QED) is 0.861. The minimum Gasteiger partial charge on any atom is -0.392 e. The van der Waals surface area contributed by atoms with Crippen LogP contribution < -0.4 is 5.32 Å². The summed E-state index contributed by atoms with van der Waals surface area (Å²) in [5.74, 6) is -0.0926. The van der Waals surface area contributed by atoms with E-state index >= 15 is 0 Å². The lowest BCUT2D eigenvalue weighted by Gasteiger charge is -2.06. The van der Waals surface area contributed by atoms with Crippen molar-refractivity contribution in [2.75, 3.05) is 0 Å². The van der Waals surface area contributed by atoms with Crippen LogP contribution in [0.2, 0.25) is 0 Å². The van der Waals surface area contributed by atoms with Crippen LogP contribution in [0.25, 0.3) is 0 Å². The fourth-order valence-electron chi connectivity index (χ4n) is 1.71. The molecule has 0 radical (unpaired) electrons. The SMILES string of the molecule is O=C(NCc1cccc(CO)c1)c1ccccc1. The molecule has 0 fully saturated rings. The number of carbonyl (C=O) groups is 1. The van der Waals surface area contributed by atoms with Gasteiger partial charge in [0.05, 0.1) is 6.61 Å². The molecule has 0 heterocycles. The molecule has 0 spiro atoms. The zero-order chi connectivity index (χ0) is 12.8. The van der Waals surface area contributed by atoms with E-state index in [0.717, 1.165) is 11.1 Å². The van der Waals surface area contributed by atoms with E-state index in [0.29, 0.717) is 12.1 Å². The number of hydrogen-bond donors (Lipinski definition) is 2. The standard InChI is InChI=1S/C15H15NO2/c17-11-13-6-4-5-12(9-13)10-16-15(18)14-7-2-1-3-8-14/h1-9,17H,10-11H2,(H,16,18). The van der Waals surface area contributed by atoms with Gasteiger partial charge in [-0.25, -0.2) is 0 Å². The van der Waals surface area contributed by atoms with Gasteiger partial charge >= 0.3 is 0 Å². The second-order valence-corrected chi connectivity index (χ2v) is 4.03. The van der Waals surface area contributed by atoms with Crippen LogP contribution in [-0.2, 0) is 13.2 Å². The van der Waals surface area contributed by atoms with Crippen molar-refractivity contribution in [1.82, 2.24) is 5.32 Å². The highest BCUT2D eigenvalue weighted by Gasteiger charge is 2.03. The van der Waals surface area contributed by atoms with E-state index in [2.05, 4.69) is 5.32 Å². The van der Waals surface area contributed by atoms with E-state index in [1.54, 1.807) is 12.1 Å². The lowest BCUT2D eigenvalue weighted by Crippen LogP contribution is -2.22. The molecule has 2 N–H and O–H groups in total. The summed E-state index contributed by atoms with van der Waals surface area (Å²) in [5, 5.41) is 11.9. The van der Waals surface area contributed by atoms with Crippen LogP contribution in [0.1, 0.15) is 21.5 Å². The Kier molecular flexibility index (Phi) is 4.10. The largest absolute Gasteiger partial charge is 0.392 e. The first-order valence-electron chi connectivity index (χ1n) is 5.81. The highest BCUT2D eigenvalue weighted by Crippen LogP contribution is 2.05. The highest BCUT2D eigenvalue weighted by molar-refractivity contribution is 5.94. The summed E-state index contributed by atoms with van der Waals surface area (Å²) < 4.78 is 0. The normalized spacial score (nSPS) is 10.1. The Morgan fingerprint density at radius 3 is 2.44 bits per heavy atom. The Labute approximate surface area is 106 Å². The average Bonchev–Trinajstić information content (AvgIpc) is 2.46. The summed E-state index contributed by atoms with van der Waals surface area (Å²) in [6.45, 7) is 0.474. The van der Waals surface area contributed by atoms with Crippen LogP contribution in [-0.4, -0.2) is 11.0 Å². The number of benzene rings is 2. The van der Waals surface area contributed by atoms with Gasteiger partial charge in [0, 0.05) is 12.1 Å². The molecule has 0 aliphatic rings. The molecule has 0 unspecified atom stereocenters. The molecule has 3 nitrogen and oxygen atoms in total. The maximum absolute atomic E-state index is 11.8. The van der Waals surface area contributed by atoms with Gasteiger partial charge in [-0.1, -0.05) is 42.5 Å². The van der Waals surface area contributed by atoms with E-state index in [1.807, 2.05) is 42.5 Å². The van der Waals surface area contributed by atoms with E-state index in [-0.39, 0.29) is 12.5 Å². The minimum atomic E-state index is -0.0926. The maximum atomic E-state index is 11.8. The molecule has 3 heteroatoms. The summed E-state index contributed by atoms with van der Waals surface area (Å²) in [5.41, 5.74) is 2.48. The molecule has 0 saturated heterocycles. The first-order chi connectivity index (χ1) is 8.79. The predicted molar refractivity (Wildman–Crippen MR) is 70.0 cm³/mol. The lowest BCUT2D eigenvalue weighted by molar-refractivity contribution is 0.0951. The van der Waals surface area contributed by atoms with Gasteiger partial charge < -0.3 is 10.4 Å². The number of nitrogens with one attached hydrogen (secondary N) is 1. The predicted octanol–water partition coefficient (Wildman–Crippen LogP) is 2.11. The molecule has 0 aliphatic carbocycles. The first kappa shape index (κ1) is 12.3. The third-order valence-electron chi connectivity index (χ3n) is 2.66. The van der Waals surface area contributed by atoms with Gasteiger partial charge in [0.15, 0.2) is 0 Å². The molecule has 2 aromatic carbocycles. The smallest absolute Gasteiger partial charge is 0.251 e. The van der Waals surface area contributed by atoms with Crippen molar-refractivity contribution >= 4 is 5.91 Å². The topological polar surface area (TPSA) is 49.3 Å². The monoisotopic (exact) mass is 241 g/mol. The maximum Gasteiger partial charge on any atom is 0.251 e. The van der Waals surface area contributed by atoms with E-state index in [4.69, 9.17) is 5.11 Å². The van der Waals surface area contributed by atoms with Crippen molar-refractivity contribution in [2.24, 2.45) is 0 Å². The second-order valence-electron chi connectivity index (χ2n) is 4.03. The second kappa shape index (κ2) is 5.98. The van der Waals surface area contributed by atoms with Gasteiger partial charge in [-0.3, -0.25) is 4.79 Å². The van der Waals surface area contributed by atoms with Crippen molar-refractivity contribution in [3.63, 3.8) is 0 Å². The molecule has 0 saturated carbocycles. The van der Waals surface area contributed by atoms with E-state index in [1.165, 1.54) is 0 Å². The van der Waals surface area contributed by atoms with Crippen LogP contribution in [0, 0.1) is 0 Å². The molecule has 0 aromatic heterocycles. The van der Waals surface area contributed by atoms with Gasteiger partial charge in [-0.15, -0.1) is 0 Å². The third-order valence-corrected chi connectivity index (χ3v) is 2.66. The summed E-state index contributed by atoms with van der Waals surface area (Å²) in [6.07, 6.45) is 0. The number of amides is 1. The Morgan fingerprint density at radius 1 is 1.00 bits per heavy atom. The molecule has 2 aromatic rings. The van der Waals surface area contributed by atoms with Crippen LogP contribution in [0.3, 0.4) is 0 Å². The fourth-order valence-corrected chi connectivity index (χ4v) is 1.71. The first-order valence-corrected chi connectivity index (χ1v) is 5.81. The van der Waals surface area contributed by atoms with E-state index < -0.39 is 0 Å². The van der Waals surface area contributed by atoms with Crippen molar-refractivity contribution in [2.45, 2.75) is 13.2 Å². The molecule has 0 atom stereocenters. The number of aliphatic hydroxyl groups excluding tert-OH is 1. The molecule has 0 bridgehead atoms. The fraction of sp³-hybridized carbons (Fsp3) is 0.133. The van der Waals surface area contributed by atoms with Gasteiger partial charge in [0.2, 0.25) is 0 Å². The summed E-state index contributed by atoms with van der Waals surface area (Å²) >= 11 is 0. The molecular weight excluding hydrogens is 226 g/mol. The van der Waals surface area contributed by atoms with Crippen molar-refractivity contribution in [1.29, 1.82) is 0 Å². The van der Waals surface area contributed by atoms with Gasteiger partial charge in [-0.2, -0.15) is 0 Å². The van der Waals surface area contributed by atoms with Gasteiger partial charge in [0.1, 0.15) is 0 Å². The third kappa shape index (κ3) is 3.18. The Balaban J connectivity index is 1.97. The molecule has 1 amide bonds. The Hall–Kier alpha value is -2.13. The minimum absolute atomic E-state index is 0.0144. The van der Waals surface area contributed by atoms with Crippen LogP contribution >= 0.6 is 0 Å². The number of hydrogen-bond acceptors (Lipinski definition) is 2. The van der Waals surface area contributed by atoms with E-state index in [9.17, 15) is 4.79 Å². The Bertz CT molecular complexity index is 523. The number of carbonyl (C=O) groups excluding carboxylic acids is 1. The lowest BCUT2D eigenvalue weighted by atomic mass is 10.1. The molecule has 92 valence electrons.